The number of hydrogen-bond acceptors (Lipinski definition) is 4. The highest BCUT2D eigenvalue weighted by Crippen LogP contribution is 2.34. The Bertz CT molecular complexity index is 794. The van der Waals surface area contributed by atoms with Crippen molar-refractivity contribution in [1.82, 2.24) is 14.5 Å². The summed E-state index contributed by atoms with van der Waals surface area (Å²) in [6.07, 6.45) is 1.67. The largest absolute Gasteiger partial charge is 0.395 e. The molecule has 21 heavy (non-hydrogen) atoms. The van der Waals surface area contributed by atoms with Crippen LogP contribution in [0.2, 0.25) is 5.02 Å². The van der Waals surface area contributed by atoms with Gasteiger partial charge in [-0.3, -0.25) is 4.68 Å². The van der Waals surface area contributed by atoms with Gasteiger partial charge in [0.2, 0.25) is 10.0 Å². The monoisotopic (exact) mass is 396 g/mol. The number of halogens is 3. The Hall–Kier alpha value is -1.16. The summed E-state index contributed by atoms with van der Waals surface area (Å²) in [5, 5.41) is 4.02. The predicted molar refractivity (Wildman–Crippen MR) is 80.8 cm³/mol. The standard InChI is InChI=1S/C11H11BrClFN4O2S/c1-18-3-2-6(17-18)5-16-21(19,20)8-4-7(13)9(12)11(15)10(8)14/h2-4,16H,5,15H2,1H3. The van der Waals surface area contributed by atoms with Gasteiger partial charge >= 0.3 is 0 Å². The molecular formula is C11H11BrClFN4O2S. The van der Waals surface area contributed by atoms with Gasteiger partial charge < -0.3 is 5.73 Å². The van der Waals surface area contributed by atoms with Gasteiger partial charge in [-0.25, -0.2) is 17.5 Å². The van der Waals surface area contributed by atoms with Gasteiger partial charge in [0.1, 0.15) is 4.90 Å². The van der Waals surface area contributed by atoms with Crippen molar-refractivity contribution in [1.29, 1.82) is 0 Å². The summed E-state index contributed by atoms with van der Waals surface area (Å²) in [5.74, 6) is -1.06. The van der Waals surface area contributed by atoms with Gasteiger partial charge in [-0.2, -0.15) is 5.10 Å². The first-order valence-corrected chi connectivity index (χ1v) is 8.29. The number of anilines is 1. The molecule has 0 saturated carbocycles. The van der Waals surface area contributed by atoms with Gasteiger partial charge in [-0.1, -0.05) is 11.6 Å². The number of aromatic nitrogens is 2. The maximum atomic E-state index is 14.0. The summed E-state index contributed by atoms with van der Waals surface area (Å²) in [6, 6.07) is 2.64. The third-order valence-electron chi connectivity index (χ3n) is 2.66. The number of aryl methyl sites for hydroxylation is 1. The summed E-state index contributed by atoms with van der Waals surface area (Å²) in [4.78, 5) is -0.607. The van der Waals surface area contributed by atoms with Crippen molar-refractivity contribution in [2.24, 2.45) is 7.05 Å². The molecule has 0 amide bonds. The maximum Gasteiger partial charge on any atom is 0.243 e. The van der Waals surface area contributed by atoms with Crippen LogP contribution in [-0.4, -0.2) is 18.2 Å². The van der Waals surface area contributed by atoms with Crippen LogP contribution in [0.4, 0.5) is 10.1 Å². The minimum atomic E-state index is -4.10. The molecule has 1 aromatic carbocycles. The molecule has 0 radical (unpaired) electrons. The van der Waals surface area contributed by atoms with Gasteiger partial charge in [0.25, 0.3) is 0 Å². The van der Waals surface area contributed by atoms with E-state index in [9.17, 15) is 12.8 Å². The zero-order valence-electron chi connectivity index (χ0n) is 10.8. The fourth-order valence-corrected chi connectivity index (χ4v) is 3.28. The van der Waals surface area contributed by atoms with Crippen LogP contribution in [-0.2, 0) is 23.6 Å². The van der Waals surface area contributed by atoms with E-state index in [0.29, 0.717) is 5.69 Å². The minimum absolute atomic E-state index is 0.00658. The second-order valence-corrected chi connectivity index (χ2v) is 7.14. The average molecular weight is 398 g/mol. The molecule has 2 rings (SSSR count). The number of benzene rings is 1. The third kappa shape index (κ3) is 3.37. The summed E-state index contributed by atoms with van der Waals surface area (Å²) in [5.41, 5.74) is 5.61. The lowest BCUT2D eigenvalue weighted by atomic mass is 10.3. The van der Waals surface area contributed by atoms with Crippen molar-refractivity contribution in [3.8, 4) is 0 Å². The third-order valence-corrected chi connectivity index (χ3v) is 5.44. The minimum Gasteiger partial charge on any atom is -0.395 e. The van der Waals surface area contributed by atoms with Crippen molar-refractivity contribution in [3.05, 3.63) is 39.3 Å². The first-order chi connectivity index (χ1) is 9.72. The van der Waals surface area contributed by atoms with E-state index in [2.05, 4.69) is 25.8 Å². The van der Waals surface area contributed by atoms with Crippen LogP contribution in [0.15, 0.2) is 27.7 Å². The predicted octanol–water partition coefficient (Wildman–Crippen LogP) is 2.04. The van der Waals surface area contributed by atoms with Crippen molar-refractivity contribution in [2.45, 2.75) is 11.4 Å². The second-order valence-electron chi connectivity index (χ2n) is 4.20. The van der Waals surface area contributed by atoms with Crippen molar-refractivity contribution >= 4 is 43.2 Å². The van der Waals surface area contributed by atoms with E-state index in [1.807, 2.05) is 0 Å². The molecule has 0 aliphatic rings. The number of nitrogens with two attached hydrogens (primary N) is 1. The molecule has 0 aliphatic heterocycles. The highest BCUT2D eigenvalue weighted by Gasteiger charge is 2.24. The smallest absolute Gasteiger partial charge is 0.243 e. The first kappa shape index (κ1) is 16.2. The lowest BCUT2D eigenvalue weighted by Crippen LogP contribution is -2.25. The molecule has 0 spiro atoms. The summed E-state index contributed by atoms with van der Waals surface area (Å²) >= 11 is 8.80. The van der Waals surface area contributed by atoms with E-state index in [0.717, 1.165) is 6.07 Å². The van der Waals surface area contributed by atoms with Gasteiger partial charge in [0.15, 0.2) is 5.82 Å². The molecule has 3 N–H and O–H groups in total. The SMILES string of the molecule is Cn1ccc(CNS(=O)(=O)c2cc(Cl)c(Br)c(N)c2F)n1. The van der Waals surface area contributed by atoms with Crippen LogP contribution in [0, 0.1) is 5.82 Å². The number of nitrogens with one attached hydrogen (secondary N) is 1. The molecule has 0 bridgehead atoms. The molecule has 2 aromatic rings. The average Bonchev–Trinajstić information content (AvgIpc) is 2.84. The number of nitrogens with zero attached hydrogens (tertiary/aromatic N) is 2. The van der Waals surface area contributed by atoms with Crippen LogP contribution in [0.25, 0.3) is 0 Å². The quantitative estimate of drug-likeness (QED) is 0.610. The molecule has 10 heteroatoms. The van der Waals surface area contributed by atoms with Crippen LogP contribution < -0.4 is 10.5 Å². The number of hydrogen-bond donors (Lipinski definition) is 2. The maximum absolute atomic E-state index is 14.0. The Morgan fingerprint density at radius 1 is 1.57 bits per heavy atom. The zero-order valence-corrected chi connectivity index (χ0v) is 13.9. The van der Waals surface area contributed by atoms with E-state index < -0.39 is 20.7 Å². The number of sulfonamides is 1. The van der Waals surface area contributed by atoms with Gasteiger partial charge in [0.05, 0.1) is 27.4 Å². The molecule has 0 unspecified atom stereocenters. The van der Waals surface area contributed by atoms with Gasteiger partial charge in [0, 0.05) is 13.2 Å². The Labute approximate surface area is 134 Å². The summed E-state index contributed by atoms with van der Waals surface area (Å²) in [7, 11) is -2.40. The van der Waals surface area contributed by atoms with Crippen molar-refractivity contribution in [2.75, 3.05) is 5.73 Å². The van der Waals surface area contributed by atoms with Crippen LogP contribution in [0.5, 0.6) is 0 Å². The molecule has 114 valence electrons. The molecule has 1 heterocycles. The number of rotatable bonds is 4. The molecule has 0 aliphatic carbocycles. The molecule has 6 nitrogen and oxygen atoms in total. The van der Waals surface area contributed by atoms with Crippen molar-refractivity contribution in [3.63, 3.8) is 0 Å². The van der Waals surface area contributed by atoms with Gasteiger partial charge in [-0.05, 0) is 28.1 Å². The van der Waals surface area contributed by atoms with Crippen LogP contribution in [0.3, 0.4) is 0 Å². The summed E-state index contributed by atoms with van der Waals surface area (Å²) in [6.45, 7) is -0.0732. The number of nitrogen functional groups attached to an aromatic ring is 1. The van der Waals surface area contributed by atoms with E-state index in [4.69, 9.17) is 17.3 Å². The van der Waals surface area contributed by atoms with Gasteiger partial charge in [-0.15, -0.1) is 0 Å². The Morgan fingerprint density at radius 3 is 2.81 bits per heavy atom. The highest BCUT2D eigenvalue weighted by atomic mass is 79.9. The van der Waals surface area contributed by atoms with E-state index in [1.54, 1.807) is 19.3 Å². The molecule has 0 atom stereocenters. The van der Waals surface area contributed by atoms with E-state index in [1.165, 1.54) is 4.68 Å². The lowest BCUT2D eigenvalue weighted by Gasteiger charge is -2.10. The first-order valence-electron chi connectivity index (χ1n) is 5.63. The Morgan fingerprint density at radius 2 is 2.24 bits per heavy atom. The second kappa shape index (κ2) is 5.91. The summed E-state index contributed by atoms with van der Waals surface area (Å²) < 4.78 is 42.2. The molecule has 0 fully saturated rings. The van der Waals surface area contributed by atoms with Crippen LogP contribution in [0.1, 0.15) is 5.69 Å². The molecule has 1 aromatic heterocycles. The Balaban J connectivity index is 2.32. The molecule has 0 saturated heterocycles. The topological polar surface area (TPSA) is 90.0 Å². The van der Waals surface area contributed by atoms with Crippen molar-refractivity contribution < 1.29 is 12.8 Å². The fraction of sp³-hybridized carbons (Fsp3) is 0.182. The molecular weight excluding hydrogens is 387 g/mol. The zero-order chi connectivity index (χ0) is 15.8. The highest BCUT2D eigenvalue weighted by molar-refractivity contribution is 9.10. The van der Waals surface area contributed by atoms with Crippen LogP contribution >= 0.6 is 27.5 Å². The van der Waals surface area contributed by atoms with E-state index in [-0.39, 0.29) is 21.7 Å². The normalized spacial score (nSPS) is 11.8. The fourth-order valence-electron chi connectivity index (χ4n) is 1.60. The Kier molecular flexibility index (Phi) is 4.57. The lowest BCUT2D eigenvalue weighted by molar-refractivity contribution is 0.557. The van der Waals surface area contributed by atoms with E-state index >= 15 is 0 Å².